The molecule has 0 unspecified atom stereocenters. The van der Waals surface area contributed by atoms with Gasteiger partial charge in [0, 0.05) is 19.3 Å². The molecule has 1 amide bonds. The molecule has 1 aromatic carbocycles. The van der Waals surface area contributed by atoms with Crippen LogP contribution in [-0.2, 0) is 13.0 Å². The van der Waals surface area contributed by atoms with Gasteiger partial charge in [0.05, 0.1) is 11.3 Å². The lowest BCUT2D eigenvalue weighted by Crippen LogP contribution is -2.25. The van der Waals surface area contributed by atoms with E-state index in [0.29, 0.717) is 30.5 Å². The molecule has 0 atom stereocenters. The van der Waals surface area contributed by atoms with Crippen LogP contribution in [0, 0.1) is 12.7 Å². The Kier molecular flexibility index (Phi) is 5.69. The van der Waals surface area contributed by atoms with Gasteiger partial charge in [-0.3, -0.25) is 9.48 Å². The quantitative estimate of drug-likeness (QED) is 0.799. The zero-order valence-electron chi connectivity index (χ0n) is 13.1. The highest BCUT2D eigenvalue weighted by Gasteiger charge is 2.12. The van der Waals surface area contributed by atoms with E-state index in [-0.39, 0.29) is 11.7 Å². The first-order chi connectivity index (χ1) is 10.6. The number of hydrogen-bond donors (Lipinski definition) is 1. The number of hydrogen-bond acceptors (Lipinski definition) is 2. The Balaban J connectivity index is 1.82. The molecule has 0 saturated heterocycles. The highest BCUT2D eigenvalue weighted by atomic mass is 19.1. The first-order valence-corrected chi connectivity index (χ1v) is 7.67. The van der Waals surface area contributed by atoms with E-state index in [9.17, 15) is 9.18 Å². The molecular weight excluding hydrogens is 281 g/mol. The van der Waals surface area contributed by atoms with Crippen LogP contribution >= 0.6 is 0 Å². The summed E-state index contributed by atoms with van der Waals surface area (Å²) >= 11 is 0. The number of aryl methyl sites for hydroxylation is 3. The van der Waals surface area contributed by atoms with Gasteiger partial charge in [0.25, 0.3) is 5.91 Å². The summed E-state index contributed by atoms with van der Waals surface area (Å²) in [6, 6.07) is 6.73. The lowest BCUT2D eigenvalue weighted by molar-refractivity contribution is 0.0952. The summed E-state index contributed by atoms with van der Waals surface area (Å²) < 4.78 is 15.3. The van der Waals surface area contributed by atoms with Crippen LogP contribution in [0.2, 0.25) is 0 Å². The molecule has 1 heterocycles. The molecule has 22 heavy (non-hydrogen) atoms. The highest BCUT2D eigenvalue weighted by Crippen LogP contribution is 2.09. The minimum Gasteiger partial charge on any atom is -0.352 e. The standard InChI is InChI=1S/C17H22FN3O/c1-3-11-21-12-15(13(2)20-21)17(22)19-10-6-8-14-7-4-5-9-16(14)18/h4-5,7,9,12H,3,6,8,10-11H2,1-2H3,(H,19,22). The van der Waals surface area contributed by atoms with E-state index < -0.39 is 0 Å². The lowest BCUT2D eigenvalue weighted by atomic mass is 10.1. The van der Waals surface area contributed by atoms with Gasteiger partial charge in [0.1, 0.15) is 5.82 Å². The second kappa shape index (κ2) is 7.73. The number of amides is 1. The lowest BCUT2D eigenvalue weighted by Gasteiger charge is -2.05. The molecule has 0 radical (unpaired) electrons. The number of carbonyl (C=O) groups excluding carboxylic acids is 1. The summed E-state index contributed by atoms with van der Waals surface area (Å²) in [5.41, 5.74) is 2.03. The van der Waals surface area contributed by atoms with Crippen LogP contribution in [0.4, 0.5) is 4.39 Å². The fraction of sp³-hybridized carbons (Fsp3) is 0.412. The molecular formula is C17H22FN3O. The molecule has 0 fully saturated rings. The molecule has 0 aliphatic heterocycles. The smallest absolute Gasteiger partial charge is 0.254 e. The van der Waals surface area contributed by atoms with Crippen LogP contribution in [0.1, 0.15) is 41.4 Å². The maximum Gasteiger partial charge on any atom is 0.254 e. The van der Waals surface area contributed by atoms with Crippen LogP contribution < -0.4 is 5.32 Å². The van der Waals surface area contributed by atoms with E-state index in [4.69, 9.17) is 0 Å². The molecule has 2 aromatic rings. The zero-order valence-corrected chi connectivity index (χ0v) is 13.1. The van der Waals surface area contributed by atoms with Crippen molar-refractivity contribution in [3.05, 3.63) is 53.1 Å². The molecule has 4 nitrogen and oxygen atoms in total. The molecule has 0 aliphatic carbocycles. The van der Waals surface area contributed by atoms with Gasteiger partial charge in [-0.15, -0.1) is 0 Å². The van der Waals surface area contributed by atoms with Crippen molar-refractivity contribution in [1.82, 2.24) is 15.1 Å². The van der Waals surface area contributed by atoms with E-state index in [2.05, 4.69) is 17.3 Å². The van der Waals surface area contributed by atoms with Crippen molar-refractivity contribution >= 4 is 5.91 Å². The fourth-order valence-corrected chi connectivity index (χ4v) is 2.36. The van der Waals surface area contributed by atoms with E-state index in [1.807, 2.05) is 13.0 Å². The van der Waals surface area contributed by atoms with Crippen molar-refractivity contribution in [2.75, 3.05) is 6.54 Å². The topological polar surface area (TPSA) is 46.9 Å². The van der Waals surface area contributed by atoms with E-state index in [1.165, 1.54) is 6.07 Å². The summed E-state index contributed by atoms with van der Waals surface area (Å²) in [6.07, 6.45) is 4.08. The summed E-state index contributed by atoms with van der Waals surface area (Å²) in [5, 5.41) is 7.19. The molecule has 0 bridgehead atoms. The third-order valence-electron chi connectivity index (χ3n) is 3.51. The third kappa shape index (κ3) is 4.16. The van der Waals surface area contributed by atoms with Gasteiger partial charge in [0.15, 0.2) is 0 Å². The second-order valence-electron chi connectivity index (χ2n) is 5.34. The Morgan fingerprint density at radius 1 is 1.36 bits per heavy atom. The maximum absolute atomic E-state index is 13.5. The monoisotopic (exact) mass is 303 g/mol. The van der Waals surface area contributed by atoms with E-state index in [1.54, 1.807) is 23.0 Å². The summed E-state index contributed by atoms with van der Waals surface area (Å²) in [5.74, 6) is -0.307. The van der Waals surface area contributed by atoms with Gasteiger partial charge in [-0.1, -0.05) is 25.1 Å². The number of halogens is 1. The van der Waals surface area contributed by atoms with Gasteiger partial charge in [-0.05, 0) is 37.8 Å². The van der Waals surface area contributed by atoms with Gasteiger partial charge < -0.3 is 5.32 Å². The normalized spacial score (nSPS) is 10.7. The largest absolute Gasteiger partial charge is 0.352 e. The van der Waals surface area contributed by atoms with Crippen molar-refractivity contribution in [2.45, 2.75) is 39.7 Å². The van der Waals surface area contributed by atoms with Crippen molar-refractivity contribution in [2.24, 2.45) is 0 Å². The molecule has 0 saturated carbocycles. The van der Waals surface area contributed by atoms with Crippen LogP contribution in [0.5, 0.6) is 0 Å². The van der Waals surface area contributed by atoms with Gasteiger partial charge >= 0.3 is 0 Å². The van der Waals surface area contributed by atoms with Crippen molar-refractivity contribution in [3.63, 3.8) is 0 Å². The predicted molar refractivity (Wildman–Crippen MR) is 84.3 cm³/mol. The number of nitrogens with zero attached hydrogens (tertiary/aromatic N) is 2. The Bertz CT molecular complexity index is 637. The average molecular weight is 303 g/mol. The summed E-state index contributed by atoms with van der Waals surface area (Å²) in [4.78, 5) is 12.1. The predicted octanol–water partition coefficient (Wildman–Crippen LogP) is 3.10. The maximum atomic E-state index is 13.5. The van der Waals surface area contributed by atoms with Gasteiger partial charge in [-0.25, -0.2) is 4.39 Å². The summed E-state index contributed by atoms with van der Waals surface area (Å²) in [6.45, 7) is 5.23. The minimum atomic E-state index is -0.189. The Morgan fingerprint density at radius 3 is 2.86 bits per heavy atom. The molecule has 5 heteroatoms. The molecule has 118 valence electrons. The highest BCUT2D eigenvalue weighted by molar-refractivity contribution is 5.94. The van der Waals surface area contributed by atoms with Gasteiger partial charge in [0.2, 0.25) is 0 Å². The first-order valence-electron chi connectivity index (χ1n) is 7.67. The molecule has 1 N–H and O–H groups in total. The summed E-state index contributed by atoms with van der Waals surface area (Å²) in [7, 11) is 0. The van der Waals surface area contributed by atoms with Gasteiger partial charge in [-0.2, -0.15) is 5.10 Å². The number of carbonyl (C=O) groups is 1. The van der Waals surface area contributed by atoms with Crippen LogP contribution in [-0.4, -0.2) is 22.2 Å². The van der Waals surface area contributed by atoms with Crippen molar-refractivity contribution < 1.29 is 9.18 Å². The second-order valence-corrected chi connectivity index (χ2v) is 5.34. The third-order valence-corrected chi connectivity index (χ3v) is 3.51. The Hall–Kier alpha value is -2.17. The Labute approximate surface area is 130 Å². The van der Waals surface area contributed by atoms with E-state index in [0.717, 1.165) is 18.7 Å². The molecule has 0 spiro atoms. The molecule has 1 aromatic heterocycles. The fourth-order valence-electron chi connectivity index (χ4n) is 2.36. The first kappa shape index (κ1) is 16.2. The number of nitrogens with one attached hydrogen (secondary N) is 1. The number of aromatic nitrogens is 2. The average Bonchev–Trinajstić information content (AvgIpc) is 2.86. The number of benzene rings is 1. The minimum absolute atomic E-state index is 0.117. The zero-order chi connectivity index (χ0) is 15.9. The van der Waals surface area contributed by atoms with Crippen molar-refractivity contribution in [1.29, 1.82) is 0 Å². The SMILES string of the molecule is CCCn1cc(C(=O)NCCCc2ccccc2F)c(C)n1. The van der Waals surface area contributed by atoms with E-state index >= 15 is 0 Å². The van der Waals surface area contributed by atoms with Crippen LogP contribution in [0.25, 0.3) is 0 Å². The van der Waals surface area contributed by atoms with Crippen LogP contribution in [0.3, 0.4) is 0 Å². The molecule has 0 aliphatic rings. The van der Waals surface area contributed by atoms with Crippen molar-refractivity contribution in [3.8, 4) is 0 Å². The Morgan fingerprint density at radius 2 is 2.14 bits per heavy atom. The van der Waals surface area contributed by atoms with Crippen LogP contribution in [0.15, 0.2) is 30.5 Å². The number of rotatable bonds is 7. The molecule has 2 rings (SSSR count).